The highest BCUT2D eigenvalue weighted by molar-refractivity contribution is 7.12. The van der Waals surface area contributed by atoms with Crippen LogP contribution in [-0.2, 0) is 4.74 Å². The van der Waals surface area contributed by atoms with Crippen LogP contribution < -0.4 is 4.90 Å². The summed E-state index contributed by atoms with van der Waals surface area (Å²) in [4.78, 5) is 13.7. The maximum absolute atomic E-state index is 10.6. The van der Waals surface area contributed by atoms with E-state index in [-0.39, 0.29) is 0 Å². The van der Waals surface area contributed by atoms with Crippen molar-refractivity contribution in [1.29, 1.82) is 0 Å². The number of morpholine rings is 1. The third kappa shape index (κ3) is 1.18. The van der Waals surface area contributed by atoms with Crippen molar-refractivity contribution < 1.29 is 9.53 Å². The Morgan fingerprint density at radius 3 is 3.14 bits per heavy atom. The van der Waals surface area contributed by atoms with Gasteiger partial charge in [-0.2, -0.15) is 0 Å². The molecule has 0 spiro atoms. The van der Waals surface area contributed by atoms with Crippen LogP contribution in [0, 0.1) is 0 Å². The highest BCUT2D eigenvalue weighted by Gasteiger charge is 2.39. The molecule has 74 valence electrons. The predicted octanol–water partition coefficient (Wildman–Crippen LogP) is 1.54. The third-order valence-electron chi connectivity index (χ3n) is 2.95. The maximum Gasteiger partial charge on any atom is 0.160 e. The molecule has 0 amide bonds. The first kappa shape index (κ1) is 8.44. The van der Waals surface area contributed by atoms with Crippen LogP contribution in [0.25, 0.3) is 0 Å². The largest absolute Gasteiger partial charge is 0.374 e. The average Bonchev–Trinajstić information content (AvgIpc) is 2.93. The maximum atomic E-state index is 10.6. The molecule has 3 heterocycles. The van der Waals surface area contributed by atoms with E-state index in [1.54, 1.807) is 0 Å². The lowest BCUT2D eigenvalue weighted by Gasteiger charge is -2.27. The van der Waals surface area contributed by atoms with Crippen LogP contribution in [-0.4, -0.2) is 31.6 Å². The number of aldehydes is 1. The monoisotopic (exact) mass is 209 g/mol. The first-order valence-electron chi connectivity index (χ1n) is 4.79. The standard InChI is InChI=1S/C10H11NO2S/c12-4-10-2-8(6-14-10)11-3-9-1-7(11)5-13-9/h2,4,6-7,9H,1,3,5H2. The van der Waals surface area contributed by atoms with E-state index in [9.17, 15) is 4.79 Å². The zero-order valence-electron chi connectivity index (χ0n) is 7.68. The molecule has 14 heavy (non-hydrogen) atoms. The zero-order valence-corrected chi connectivity index (χ0v) is 8.50. The average molecular weight is 209 g/mol. The molecular weight excluding hydrogens is 198 g/mol. The van der Waals surface area contributed by atoms with E-state index in [0.29, 0.717) is 12.1 Å². The summed E-state index contributed by atoms with van der Waals surface area (Å²) in [6, 6.07) is 2.51. The minimum Gasteiger partial charge on any atom is -0.374 e. The van der Waals surface area contributed by atoms with Crippen LogP contribution in [0.1, 0.15) is 16.1 Å². The van der Waals surface area contributed by atoms with Gasteiger partial charge in [0, 0.05) is 17.6 Å². The van der Waals surface area contributed by atoms with E-state index in [0.717, 1.165) is 30.7 Å². The van der Waals surface area contributed by atoms with Crippen molar-refractivity contribution in [2.24, 2.45) is 0 Å². The summed E-state index contributed by atoms with van der Waals surface area (Å²) in [6.07, 6.45) is 2.48. The van der Waals surface area contributed by atoms with Crippen LogP contribution in [0.5, 0.6) is 0 Å². The van der Waals surface area contributed by atoms with Gasteiger partial charge in [0.2, 0.25) is 0 Å². The van der Waals surface area contributed by atoms with Gasteiger partial charge in [-0.1, -0.05) is 0 Å². The van der Waals surface area contributed by atoms with Crippen molar-refractivity contribution in [3.05, 3.63) is 16.3 Å². The molecule has 2 aliphatic rings. The van der Waals surface area contributed by atoms with Crippen molar-refractivity contribution in [3.8, 4) is 0 Å². The molecule has 3 rings (SSSR count). The fourth-order valence-electron chi connectivity index (χ4n) is 2.27. The van der Waals surface area contributed by atoms with E-state index in [2.05, 4.69) is 10.3 Å². The number of rotatable bonds is 2. The highest BCUT2D eigenvalue weighted by atomic mass is 32.1. The second-order valence-electron chi connectivity index (χ2n) is 3.82. The van der Waals surface area contributed by atoms with Crippen LogP contribution in [0.2, 0.25) is 0 Å². The Morgan fingerprint density at radius 2 is 2.57 bits per heavy atom. The van der Waals surface area contributed by atoms with Gasteiger partial charge < -0.3 is 9.64 Å². The number of hydrogen-bond acceptors (Lipinski definition) is 4. The quantitative estimate of drug-likeness (QED) is 0.692. The van der Waals surface area contributed by atoms with Gasteiger partial charge in [0.15, 0.2) is 6.29 Å². The molecule has 0 aromatic carbocycles. The number of nitrogens with zero attached hydrogens (tertiary/aromatic N) is 1. The Bertz CT molecular complexity index is 363. The minimum atomic E-state index is 0.416. The van der Waals surface area contributed by atoms with Gasteiger partial charge in [-0.05, 0) is 12.5 Å². The van der Waals surface area contributed by atoms with Gasteiger partial charge in [0.05, 0.1) is 23.6 Å². The van der Waals surface area contributed by atoms with E-state index in [4.69, 9.17) is 4.74 Å². The molecule has 3 nitrogen and oxygen atoms in total. The molecule has 1 aromatic heterocycles. The van der Waals surface area contributed by atoms with Crippen molar-refractivity contribution in [2.45, 2.75) is 18.6 Å². The SMILES string of the molecule is O=Cc1cc(N2CC3CC2CO3)cs1. The summed E-state index contributed by atoms with van der Waals surface area (Å²) in [5.41, 5.74) is 1.19. The molecule has 2 unspecified atom stereocenters. The van der Waals surface area contributed by atoms with Crippen LogP contribution >= 0.6 is 11.3 Å². The Balaban J connectivity index is 1.85. The fraction of sp³-hybridized carbons (Fsp3) is 0.500. The number of ether oxygens (including phenoxy) is 1. The lowest BCUT2D eigenvalue weighted by atomic mass is 10.2. The molecular formula is C10H11NO2S. The highest BCUT2D eigenvalue weighted by Crippen LogP contribution is 2.34. The van der Waals surface area contributed by atoms with Crippen molar-refractivity contribution in [2.75, 3.05) is 18.1 Å². The molecule has 2 aliphatic heterocycles. The summed E-state index contributed by atoms with van der Waals surface area (Å²) >= 11 is 1.51. The van der Waals surface area contributed by atoms with Crippen molar-refractivity contribution in [3.63, 3.8) is 0 Å². The molecule has 0 N–H and O–H groups in total. The molecule has 0 aliphatic carbocycles. The third-order valence-corrected chi connectivity index (χ3v) is 3.80. The van der Waals surface area contributed by atoms with Crippen molar-refractivity contribution in [1.82, 2.24) is 0 Å². The van der Waals surface area contributed by atoms with Crippen LogP contribution in [0.3, 0.4) is 0 Å². The van der Waals surface area contributed by atoms with E-state index >= 15 is 0 Å². The van der Waals surface area contributed by atoms with E-state index in [1.165, 1.54) is 17.0 Å². The number of anilines is 1. The number of carbonyl (C=O) groups excluding carboxylic acids is 1. The first-order chi connectivity index (χ1) is 6.86. The smallest absolute Gasteiger partial charge is 0.160 e. The number of hydrogen-bond donors (Lipinski definition) is 0. The zero-order chi connectivity index (χ0) is 9.54. The van der Waals surface area contributed by atoms with Gasteiger partial charge >= 0.3 is 0 Å². The summed E-state index contributed by atoms with van der Waals surface area (Å²) in [6.45, 7) is 1.83. The second-order valence-corrected chi connectivity index (χ2v) is 4.77. The molecule has 2 fully saturated rings. The first-order valence-corrected chi connectivity index (χ1v) is 5.67. The van der Waals surface area contributed by atoms with Crippen LogP contribution in [0.4, 0.5) is 5.69 Å². The molecule has 0 saturated carbocycles. The number of fused-ring (bicyclic) bond motifs is 2. The second kappa shape index (κ2) is 3.07. The fourth-order valence-corrected chi connectivity index (χ4v) is 2.98. The molecule has 1 aromatic rings. The summed E-state index contributed by atoms with van der Waals surface area (Å²) < 4.78 is 5.53. The van der Waals surface area contributed by atoms with Gasteiger partial charge in [0.1, 0.15) is 0 Å². The summed E-state index contributed by atoms with van der Waals surface area (Å²) in [7, 11) is 0. The Morgan fingerprint density at radius 1 is 1.64 bits per heavy atom. The molecule has 2 atom stereocenters. The topological polar surface area (TPSA) is 29.5 Å². The molecule has 4 heteroatoms. The molecule has 2 bridgehead atoms. The van der Waals surface area contributed by atoms with Gasteiger partial charge in [-0.15, -0.1) is 11.3 Å². The van der Waals surface area contributed by atoms with Gasteiger partial charge in [-0.25, -0.2) is 0 Å². The van der Waals surface area contributed by atoms with Gasteiger partial charge in [0.25, 0.3) is 0 Å². The Labute approximate surface area is 86.3 Å². The number of thiophene rings is 1. The van der Waals surface area contributed by atoms with Gasteiger partial charge in [-0.3, -0.25) is 4.79 Å². The lowest BCUT2D eigenvalue weighted by Crippen LogP contribution is -2.36. The van der Waals surface area contributed by atoms with Crippen LogP contribution in [0.15, 0.2) is 11.4 Å². The lowest BCUT2D eigenvalue weighted by molar-refractivity contribution is 0.0991. The number of carbonyl (C=O) groups is 1. The Hall–Kier alpha value is -0.870. The predicted molar refractivity (Wildman–Crippen MR) is 55.2 cm³/mol. The Kier molecular flexibility index (Phi) is 1.85. The van der Waals surface area contributed by atoms with E-state index in [1.807, 2.05) is 6.07 Å². The summed E-state index contributed by atoms with van der Waals surface area (Å²) in [5.74, 6) is 0. The molecule has 0 radical (unpaired) electrons. The van der Waals surface area contributed by atoms with E-state index < -0.39 is 0 Å². The van der Waals surface area contributed by atoms with Crippen molar-refractivity contribution >= 4 is 23.3 Å². The normalized spacial score (nSPS) is 29.9. The minimum absolute atomic E-state index is 0.416. The summed E-state index contributed by atoms with van der Waals surface area (Å²) in [5, 5.41) is 2.06. The molecule has 2 saturated heterocycles.